The summed E-state index contributed by atoms with van der Waals surface area (Å²) in [7, 11) is 2.09. The number of rotatable bonds is 8. The van der Waals surface area contributed by atoms with Gasteiger partial charge in [0.25, 0.3) is 0 Å². The smallest absolute Gasteiger partial charge is 0.230 e. The summed E-state index contributed by atoms with van der Waals surface area (Å²) in [5.74, 6) is -0.858. The zero-order chi connectivity index (χ0) is 14.1. The summed E-state index contributed by atoms with van der Waals surface area (Å²) in [6.45, 7) is 7.55. The molecule has 0 aliphatic heterocycles. The van der Waals surface area contributed by atoms with Gasteiger partial charge in [0, 0.05) is 12.6 Å². The van der Waals surface area contributed by atoms with Crippen molar-refractivity contribution < 1.29 is 10.0 Å². The molecule has 4 N–H and O–H groups in total. The Labute approximate surface area is 109 Å². The molecule has 0 radical (unpaired) electrons. The molecular formula is C12H26N4O2. The molecule has 0 aliphatic carbocycles. The molecule has 0 rings (SSSR count). The van der Waals surface area contributed by atoms with Crippen LogP contribution in [-0.2, 0) is 4.79 Å². The molecule has 106 valence electrons. The molecule has 0 aromatic heterocycles. The van der Waals surface area contributed by atoms with E-state index >= 15 is 0 Å². The fourth-order valence-electron chi connectivity index (χ4n) is 1.33. The summed E-state index contributed by atoms with van der Waals surface area (Å²) in [6.07, 6.45) is 1.96. The summed E-state index contributed by atoms with van der Waals surface area (Å²) in [5, 5.41) is 14.0. The summed E-state index contributed by atoms with van der Waals surface area (Å²) in [6, 6.07) is 0.542. The molecule has 18 heavy (non-hydrogen) atoms. The standard InChI is InChI=1S/C12H26N4O2/c1-9(2)16(4)8-6-5-7-14-12(17)10(3)11(13)15-18/h9-10,18H,5-8H2,1-4H3,(H2,13,15)(H,14,17). The molecule has 1 amide bonds. The van der Waals surface area contributed by atoms with Crippen molar-refractivity contribution in [2.75, 3.05) is 20.1 Å². The van der Waals surface area contributed by atoms with Crippen LogP contribution in [0.4, 0.5) is 0 Å². The van der Waals surface area contributed by atoms with Crippen LogP contribution in [0.15, 0.2) is 5.16 Å². The zero-order valence-corrected chi connectivity index (χ0v) is 11.8. The van der Waals surface area contributed by atoms with E-state index in [1.807, 2.05) is 0 Å². The maximum atomic E-state index is 11.6. The number of oxime groups is 1. The lowest BCUT2D eigenvalue weighted by atomic mass is 10.1. The van der Waals surface area contributed by atoms with Crippen LogP contribution in [0.2, 0.25) is 0 Å². The highest BCUT2D eigenvalue weighted by molar-refractivity contribution is 6.01. The molecule has 0 aromatic rings. The highest BCUT2D eigenvalue weighted by atomic mass is 16.4. The molecule has 6 nitrogen and oxygen atoms in total. The number of nitrogens with zero attached hydrogens (tertiary/aromatic N) is 2. The number of carbonyl (C=O) groups excluding carboxylic acids is 1. The molecule has 6 heteroatoms. The lowest BCUT2D eigenvalue weighted by molar-refractivity contribution is -0.122. The van der Waals surface area contributed by atoms with Crippen LogP contribution in [0.1, 0.15) is 33.6 Å². The predicted molar refractivity (Wildman–Crippen MR) is 72.6 cm³/mol. The zero-order valence-electron chi connectivity index (χ0n) is 11.8. The molecule has 0 aromatic carbocycles. The Morgan fingerprint density at radius 3 is 2.50 bits per heavy atom. The first-order valence-corrected chi connectivity index (χ1v) is 6.35. The van der Waals surface area contributed by atoms with E-state index in [1.165, 1.54) is 0 Å². The molecule has 0 fully saturated rings. The number of nitrogens with one attached hydrogen (secondary N) is 1. The van der Waals surface area contributed by atoms with Gasteiger partial charge in [0.05, 0.1) is 5.92 Å². The van der Waals surface area contributed by atoms with E-state index in [1.54, 1.807) is 6.92 Å². The lowest BCUT2D eigenvalue weighted by Crippen LogP contribution is -2.37. The van der Waals surface area contributed by atoms with Crippen LogP contribution in [0.3, 0.4) is 0 Å². The van der Waals surface area contributed by atoms with Gasteiger partial charge in [-0.15, -0.1) is 0 Å². The van der Waals surface area contributed by atoms with Gasteiger partial charge in [-0.1, -0.05) is 5.16 Å². The Kier molecular flexibility index (Phi) is 8.11. The molecule has 1 unspecified atom stereocenters. The average molecular weight is 258 g/mol. The normalized spacial score (nSPS) is 14.0. The molecular weight excluding hydrogens is 232 g/mol. The first kappa shape index (κ1) is 16.7. The van der Waals surface area contributed by atoms with E-state index in [4.69, 9.17) is 10.9 Å². The Morgan fingerprint density at radius 2 is 2.00 bits per heavy atom. The second kappa shape index (κ2) is 8.74. The third kappa shape index (κ3) is 6.44. The van der Waals surface area contributed by atoms with Gasteiger partial charge >= 0.3 is 0 Å². The monoisotopic (exact) mass is 258 g/mol. The van der Waals surface area contributed by atoms with Crippen molar-refractivity contribution in [2.45, 2.75) is 39.7 Å². The molecule has 0 bridgehead atoms. The van der Waals surface area contributed by atoms with Crippen LogP contribution in [-0.4, -0.2) is 48.0 Å². The molecule has 0 saturated carbocycles. The Bertz CT molecular complexity index is 279. The van der Waals surface area contributed by atoms with Crippen molar-refractivity contribution in [3.63, 3.8) is 0 Å². The first-order valence-electron chi connectivity index (χ1n) is 6.35. The maximum absolute atomic E-state index is 11.6. The van der Waals surface area contributed by atoms with Crippen LogP contribution in [0, 0.1) is 5.92 Å². The highest BCUT2D eigenvalue weighted by Crippen LogP contribution is 1.98. The fraction of sp³-hybridized carbons (Fsp3) is 0.833. The molecule has 0 saturated heterocycles. The minimum absolute atomic E-state index is 0.0629. The van der Waals surface area contributed by atoms with E-state index in [9.17, 15) is 4.79 Å². The van der Waals surface area contributed by atoms with Gasteiger partial charge in [-0.05, 0) is 47.2 Å². The van der Waals surface area contributed by atoms with Crippen LogP contribution >= 0.6 is 0 Å². The number of nitrogens with two attached hydrogens (primary N) is 1. The van der Waals surface area contributed by atoms with Crippen molar-refractivity contribution in [2.24, 2.45) is 16.8 Å². The minimum Gasteiger partial charge on any atom is -0.409 e. The van der Waals surface area contributed by atoms with E-state index in [0.29, 0.717) is 12.6 Å². The van der Waals surface area contributed by atoms with Crippen LogP contribution < -0.4 is 11.1 Å². The number of unbranched alkanes of at least 4 members (excludes halogenated alkanes) is 1. The van der Waals surface area contributed by atoms with Gasteiger partial charge in [0.2, 0.25) is 5.91 Å². The van der Waals surface area contributed by atoms with Crippen molar-refractivity contribution in [3.8, 4) is 0 Å². The predicted octanol–water partition coefficient (Wildman–Crippen LogP) is 0.606. The number of amides is 1. The number of hydrogen-bond acceptors (Lipinski definition) is 4. The van der Waals surface area contributed by atoms with E-state index in [0.717, 1.165) is 19.4 Å². The molecule has 0 heterocycles. The van der Waals surface area contributed by atoms with Gasteiger partial charge < -0.3 is 21.2 Å². The van der Waals surface area contributed by atoms with Crippen molar-refractivity contribution in [3.05, 3.63) is 0 Å². The second-order valence-electron chi connectivity index (χ2n) is 4.82. The number of carbonyl (C=O) groups is 1. The number of hydrogen-bond donors (Lipinski definition) is 3. The fourth-order valence-corrected chi connectivity index (χ4v) is 1.33. The summed E-state index contributed by atoms with van der Waals surface area (Å²) < 4.78 is 0. The quantitative estimate of drug-likeness (QED) is 0.195. The van der Waals surface area contributed by atoms with Gasteiger partial charge in [-0.2, -0.15) is 0 Å². The van der Waals surface area contributed by atoms with Gasteiger partial charge in [0.1, 0.15) is 0 Å². The summed E-state index contributed by atoms with van der Waals surface area (Å²) in [5.41, 5.74) is 5.35. The third-order valence-corrected chi connectivity index (χ3v) is 3.07. The Balaban J connectivity index is 3.70. The Morgan fingerprint density at radius 1 is 1.39 bits per heavy atom. The van der Waals surface area contributed by atoms with Crippen molar-refractivity contribution in [1.29, 1.82) is 0 Å². The van der Waals surface area contributed by atoms with E-state index in [-0.39, 0.29) is 11.7 Å². The SMILES string of the molecule is CC(C(=O)NCCCCN(C)C(C)C)C(N)=NO. The van der Waals surface area contributed by atoms with E-state index < -0.39 is 5.92 Å². The molecule has 1 atom stereocenters. The van der Waals surface area contributed by atoms with Crippen molar-refractivity contribution >= 4 is 11.7 Å². The van der Waals surface area contributed by atoms with Gasteiger partial charge in [-0.25, -0.2) is 0 Å². The largest absolute Gasteiger partial charge is 0.409 e. The maximum Gasteiger partial charge on any atom is 0.230 e. The van der Waals surface area contributed by atoms with Crippen LogP contribution in [0.25, 0.3) is 0 Å². The third-order valence-electron chi connectivity index (χ3n) is 3.07. The average Bonchev–Trinajstić information content (AvgIpc) is 2.35. The molecule has 0 aliphatic rings. The highest BCUT2D eigenvalue weighted by Gasteiger charge is 2.16. The van der Waals surface area contributed by atoms with Gasteiger partial charge in [0.15, 0.2) is 5.84 Å². The summed E-state index contributed by atoms with van der Waals surface area (Å²) >= 11 is 0. The first-order chi connectivity index (χ1) is 8.40. The minimum atomic E-state index is -0.590. The molecule has 0 spiro atoms. The second-order valence-corrected chi connectivity index (χ2v) is 4.82. The lowest BCUT2D eigenvalue weighted by Gasteiger charge is -2.20. The van der Waals surface area contributed by atoms with Crippen molar-refractivity contribution in [1.82, 2.24) is 10.2 Å². The topological polar surface area (TPSA) is 91.0 Å². The van der Waals surface area contributed by atoms with Crippen LogP contribution in [0.5, 0.6) is 0 Å². The summed E-state index contributed by atoms with van der Waals surface area (Å²) in [4.78, 5) is 13.8. The number of amidine groups is 1. The van der Waals surface area contributed by atoms with E-state index in [2.05, 4.69) is 36.3 Å². The Hall–Kier alpha value is -1.30. The van der Waals surface area contributed by atoms with Gasteiger partial charge in [-0.3, -0.25) is 4.79 Å².